The van der Waals surface area contributed by atoms with Crippen molar-refractivity contribution in [3.63, 3.8) is 0 Å². The van der Waals surface area contributed by atoms with E-state index in [1.54, 1.807) is 6.07 Å². The molecule has 2 heterocycles. The van der Waals surface area contributed by atoms with E-state index in [2.05, 4.69) is 44.4 Å². The van der Waals surface area contributed by atoms with E-state index >= 15 is 0 Å². The molecule has 7 heteroatoms. The number of hydrogen-bond donors (Lipinski definition) is 3. The highest BCUT2D eigenvalue weighted by Crippen LogP contribution is 2.35. The van der Waals surface area contributed by atoms with Crippen molar-refractivity contribution in [2.24, 2.45) is 11.8 Å². The molecule has 2 atom stereocenters. The van der Waals surface area contributed by atoms with Crippen LogP contribution in [0.15, 0.2) is 18.2 Å². The van der Waals surface area contributed by atoms with Crippen LogP contribution < -0.4 is 16.4 Å². The van der Waals surface area contributed by atoms with Gasteiger partial charge in [-0.15, -0.1) is 0 Å². The van der Waals surface area contributed by atoms with Gasteiger partial charge >= 0.3 is 0 Å². The van der Waals surface area contributed by atoms with E-state index in [0.717, 1.165) is 0 Å². The molecule has 2 fully saturated rings. The lowest BCUT2D eigenvalue weighted by Crippen LogP contribution is -2.23. The number of nitrogen functional groups attached to an aromatic ring is 1. The Morgan fingerprint density at radius 1 is 0.880 bits per heavy atom. The van der Waals surface area contributed by atoms with Crippen molar-refractivity contribution in [3.05, 3.63) is 18.2 Å². The number of nitrogens with two attached hydrogens (primary N) is 1. The van der Waals surface area contributed by atoms with E-state index < -0.39 is 0 Å². The number of pyridine rings is 1. The molecule has 2 aromatic rings. The van der Waals surface area contributed by atoms with E-state index in [1.165, 1.54) is 25.7 Å². The lowest BCUT2D eigenvalue weighted by atomic mass is 10.2. The summed E-state index contributed by atoms with van der Waals surface area (Å²) in [5.74, 6) is 3.62. The third kappa shape index (κ3) is 3.97. The molecule has 2 aliphatic rings. The monoisotopic (exact) mass is 339 g/mol. The van der Waals surface area contributed by atoms with Crippen molar-refractivity contribution in [3.8, 4) is 11.5 Å². The molecule has 25 heavy (non-hydrogen) atoms. The highest BCUT2D eigenvalue weighted by atomic mass is 15.2. The van der Waals surface area contributed by atoms with Crippen LogP contribution in [-0.4, -0.2) is 32.0 Å². The average molecular weight is 339 g/mol. The summed E-state index contributed by atoms with van der Waals surface area (Å²) in [5.41, 5.74) is 6.47. The first-order chi connectivity index (χ1) is 12.1. The number of nitrogens with zero attached hydrogens (tertiary/aromatic N) is 4. The van der Waals surface area contributed by atoms with E-state index in [0.29, 0.717) is 53.2 Å². The van der Waals surface area contributed by atoms with Gasteiger partial charge in [-0.05, 0) is 63.5 Å². The highest BCUT2D eigenvalue weighted by molar-refractivity contribution is 5.56. The van der Waals surface area contributed by atoms with Gasteiger partial charge in [0.2, 0.25) is 11.9 Å². The Balaban J connectivity index is 1.63. The summed E-state index contributed by atoms with van der Waals surface area (Å²) in [6.45, 7) is 4.36. The van der Waals surface area contributed by atoms with Crippen molar-refractivity contribution in [2.75, 3.05) is 16.4 Å². The lowest BCUT2D eigenvalue weighted by molar-refractivity contribution is 0.676. The largest absolute Gasteiger partial charge is 0.384 e. The summed E-state index contributed by atoms with van der Waals surface area (Å²) in [5, 5.41) is 6.85. The minimum atomic E-state index is 0.359. The quantitative estimate of drug-likeness (QED) is 0.713. The summed E-state index contributed by atoms with van der Waals surface area (Å²) in [4.78, 5) is 18.1. The molecule has 2 aromatic heterocycles. The minimum absolute atomic E-state index is 0.359. The van der Waals surface area contributed by atoms with E-state index in [4.69, 9.17) is 5.73 Å². The molecule has 2 unspecified atom stereocenters. The minimum Gasteiger partial charge on any atom is -0.384 e. The standard InChI is InChI=1S/C18H25N7/c1-10(12-6-7-12)20-17-23-16(14-4-3-5-15(19)22-14)24-18(25-17)21-11(2)13-8-9-13/h3-5,10-13H,6-9H2,1-2H3,(H2,19,22)(H2,20,21,23,24,25). The fourth-order valence-corrected chi connectivity index (χ4v) is 3.03. The molecular weight excluding hydrogens is 314 g/mol. The summed E-state index contributed by atoms with van der Waals surface area (Å²) < 4.78 is 0. The molecule has 0 spiro atoms. The second-order valence-corrected chi connectivity index (χ2v) is 7.29. The van der Waals surface area contributed by atoms with Crippen molar-refractivity contribution >= 4 is 17.7 Å². The van der Waals surface area contributed by atoms with Gasteiger partial charge in [-0.1, -0.05) is 6.07 Å². The molecule has 4 rings (SSSR count). The number of hydrogen-bond acceptors (Lipinski definition) is 7. The molecule has 0 aromatic carbocycles. The van der Waals surface area contributed by atoms with Crippen LogP contribution in [0.25, 0.3) is 11.5 Å². The van der Waals surface area contributed by atoms with Crippen LogP contribution in [0.3, 0.4) is 0 Å². The zero-order valence-electron chi connectivity index (χ0n) is 14.7. The van der Waals surface area contributed by atoms with Gasteiger partial charge < -0.3 is 16.4 Å². The molecular formula is C18H25N7. The molecule has 0 radical (unpaired) electrons. The van der Waals surface area contributed by atoms with Crippen LogP contribution in [0.2, 0.25) is 0 Å². The molecule has 2 saturated carbocycles. The van der Waals surface area contributed by atoms with Gasteiger partial charge in [0.25, 0.3) is 0 Å². The van der Waals surface area contributed by atoms with Crippen LogP contribution in [-0.2, 0) is 0 Å². The predicted octanol–water partition coefficient (Wildman–Crippen LogP) is 2.94. The van der Waals surface area contributed by atoms with E-state index in [-0.39, 0.29) is 0 Å². The Morgan fingerprint density at radius 2 is 1.44 bits per heavy atom. The van der Waals surface area contributed by atoms with Crippen LogP contribution in [0, 0.1) is 11.8 Å². The topological polar surface area (TPSA) is 102 Å². The number of aromatic nitrogens is 4. The van der Waals surface area contributed by atoms with Crippen molar-refractivity contribution in [1.29, 1.82) is 0 Å². The van der Waals surface area contributed by atoms with Crippen LogP contribution >= 0.6 is 0 Å². The van der Waals surface area contributed by atoms with Gasteiger partial charge in [-0.25, -0.2) is 4.98 Å². The van der Waals surface area contributed by atoms with Crippen molar-refractivity contribution < 1.29 is 0 Å². The molecule has 2 aliphatic carbocycles. The molecule has 0 amide bonds. The normalized spacial score (nSPS) is 19.3. The molecule has 0 saturated heterocycles. The summed E-state index contributed by atoms with van der Waals surface area (Å²) >= 11 is 0. The van der Waals surface area contributed by atoms with Gasteiger partial charge in [0.1, 0.15) is 11.5 Å². The Labute approximate surface area is 147 Å². The van der Waals surface area contributed by atoms with Crippen LogP contribution in [0.4, 0.5) is 17.7 Å². The maximum Gasteiger partial charge on any atom is 0.228 e. The third-order valence-electron chi connectivity index (χ3n) is 5.01. The first-order valence-electron chi connectivity index (χ1n) is 9.10. The van der Waals surface area contributed by atoms with E-state index in [1.807, 2.05) is 12.1 Å². The summed E-state index contributed by atoms with van der Waals surface area (Å²) in [6, 6.07) is 6.21. The first kappa shape index (κ1) is 16.1. The lowest BCUT2D eigenvalue weighted by Gasteiger charge is -2.16. The zero-order valence-corrected chi connectivity index (χ0v) is 14.7. The van der Waals surface area contributed by atoms with Gasteiger partial charge in [-0.2, -0.15) is 15.0 Å². The maximum atomic E-state index is 5.82. The Bertz CT molecular complexity index is 717. The fraction of sp³-hybridized carbons (Fsp3) is 0.556. The molecule has 0 aliphatic heterocycles. The second kappa shape index (κ2) is 6.46. The number of anilines is 3. The van der Waals surface area contributed by atoms with Gasteiger partial charge in [0.05, 0.1) is 0 Å². The van der Waals surface area contributed by atoms with Crippen LogP contribution in [0.5, 0.6) is 0 Å². The van der Waals surface area contributed by atoms with Crippen molar-refractivity contribution in [2.45, 2.75) is 51.6 Å². The van der Waals surface area contributed by atoms with Gasteiger partial charge in [0, 0.05) is 12.1 Å². The fourth-order valence-electron chi connectivity index (χ4n) is 3.03. The number of nitrogens with one attached hydrogen (secondary N) is 2. The molecule has 0 bridgehead atoms. The Kier molecular flexibility index (Phi) is 4.15. The second-order valence-electron chi connectivity index (χ2n) is 7.29. The van der Waals surface area contributed by atoms with E-state index in [9.17, 15) is 0 Å². The first-order valence-corrected chi connectivity index (χ1v) is 9.10. The molecule has 4 N–H and O–H groups in total. The third-order valence-corrected chi connectivity index (χ3v) is 5.01. The Morgan fingerprint density at radius 3 is 1.92 bits per heavy atom. The average Bonchev–Trinajstić information content (AvgIpc) is 3.48. The number of rotatable bonds is 7. The molecule has 7 nitrogen and oxygen atoms in total. The van der Waals surface area contributed by atoms with Gasteiger partial charge in [0.15, 0.2) is 5.82 Å². The van der Waals surface area contributed by atoms with Crippen LogP contribution in [0.1, 0.15) is 39.5 Å². The summed E-state index contributed by atoms with van der Waals surface area (Å²) in [6.07, 6.45) is 5.08. The smallest absolute Gasteiger partial charge is 0.228 e. The maximum absolute atomic E-state index is 5.82. The van der Waals surface area contributed by atoms with Gasteiger partial charge in [-0.3, -0.25) is 0 Å². The molecule has 132 valence electrons. The highest BCUT2D eigenvalue weighted by Gasteiger charge is 2.30. The summed E-state index contributed by atoms with van der Waals surface area (Å²) in [7, 11) is 0. The zero-order chi connectivity index (χ0) is 17.4. The Hall–Kier alpha value is -2.44. The van der Waals surface area contributed by atoms with Crippen molar-refractivity contribution in [1.82, 2.24) is 19.9 Å². The SMILES string of the molecule is CC(Nc1nc(NC(C)C2CC2)nc(-c2cccc(N)n2)n1)C1CC1. The predicted molar refractivity (Wildman–Crippen MR) is 99.1 cm³/mol.